The Morgan fingerprint density at radius 2 is 2.14 bits per heavy atom. The number of rotatable bonds is 4. The first-order valence-electron chi connectivity index (χ1n) is 7.08. The van der Waals surface area contributed by atoms with Gasteiger partial charge in [-0.1, -0.05) is 12.1 Å². The highest BCUT2D eigenvalue weighted by atomic mass is 19.3. The maximum absolute atomic E-state index is 12.1. The van der Waals surface area contributed by atoms with Gasteiger partial charge in [-0.2, -0.15) is 8.78 Å². The molecule has 1 saturated heterocycles. The molecule has 1 aliphatic heterocycles. The zero-order valence-corrected chi connectivity index (χ0v) is 12.6. The lowest BCUT2D eigenvalue weighted by atomic mass is 9.87. The number of alkyl halides is 2. The molecule has 0 saturated carbocycles. The van der Waals surface area contributed by atoms with Gasteiger partial charge in [-0.05, 0) is 38.0 Å². The third-order valence-electron chi connectivity index (χ3n) is 3.91. The van der Waals surface area contributed by atoms with Crippen LogP contribution in [0, 0.1) is 0 Å². The van der Waals surface area contributed by atoms with Crippen molar-refractivity contribution in [3.05, 3.63) is 29.8 Å². The molecule has 1 aromatic rings. The van der Waals surface area contributed by atoms with Crippen LogP contribution in [0.15, 0.2) is 24.3 Å². The van der Waals surface area contributed by atoms with E-state index >= 15 is 0 Å². The van der Waals surface area contributed by atoms with Crippen LogP contribution in [0.4, 0.5) is 13.6 Å². The maximum atomic E-state index is 12.1. The van der Waals surface area contributed by atoms with Gasteiger partial charge in [-0.25, -0.2) is 4.79 Å². The molecule has 22 heavy (non-hydrogen) atoms. The van der Waals surface area contributed by atoms with E-state index in [-0.39, 0.29) is 11.8 Å². The molecular formula is C15H20F2N2O3. The smallest absolute Gasteiger partial charge is 0.408 e. The maximum Gasteiger partial charge on any atom is 0.408 e. The Labute approximate surface area is 127 Å². The number of piperazine rings is 1. The molecule has 1 amide bonds. The van der Waals surface area contributed by atoms with Gasteiger partial charge in [0.1, 0.15) is 5.75 Å². The van der Waals surface area contributed by atoms with Crippen molar-refractivity contribution in [1.29, 1.82) is 0 Å². The van der Waals surface area contributed by atoms with Gasteiger partial charge in [0.15, 0.2) is 0 Å². The standard InChI is InChI=1S/C15H20F2N2O3/c1-10-8-18-9-15(2,19(10)14(20)21)7-11-3-5-12(6-4-11)22-13(16)17/h3-6,10,13,18H,7-9H2,1-2H3,(H,20,21). The molecule has 0 aliphatic carbocycles. The van der Waals surface area contributed by atoms with E-state index < -0.39 is 18.2 Å². The zero-order valence-electron chi connectivity index (χ0n) is 12.6. The van der Waals surface area contributed by atoms with Gasteiger partial charge in [0.05, 0.1) is 5.54 Å². The molecule has 122 valence electrons. The molecule has 5 nitrogen and oxygen atoms in total. The Balaban J connectivity index is 2.14. The Morgan fingerprint density at radius 3 is 2.68 bits per heavy atom. The lowest BCUT2D eigenvalue weighted by Crippen LogP contribution is -2.65. The number of nitrogens with one attached hydrogen (secondary N) is 1. The summed E-state index contributed by atoms with van der Waals surface area (Å²) in [6.07, 6.45) is -0.458. The van der Waals surface area contributed by atoms with Crippen molar-refractivity contribution in [3.8, 4) is 5.75 Å². The van der Waals surface area contributed by atoms with Crippen LogP contribution in [-0.2, 0) is 6.42 Å². The number of benzene rings is 1. The minimum absolute atomic E-state index is 0.0918. The minimum atomic E-state index is -2.85. The van der Waals surface area contributed by atoms with E-state index in [0.29, 0.717) is 19.5 Å². The summed E-state index contributed by atoms with van der Waals surface area (Å²) in [7, 11) is 0. The summed E-state index contributed by atoms with van der Waals surface area (Å²) < 4.78 is 28.6. The average Bonchev–Trinajstić information content (AvgIpc) is 2.39. The fourth-order valence-electron chi connectivity index (χ4n) is 3.05. The van der Waals surface area contributed by atoms with Crippen LogP contribution in [0.2, 0.25) is 0 Å². The van der Waals surface area contributed by atoms with E-state index in [1.807, 2.05) is 13.8 Å². The summed E-state index contributed by atoms with van der Waals surface area (Å²) in [6.45, 7) is 2.04. The molecular weight excluding hydrogens is 294 g/mol. The van der Waals surface area contributed by atoms with E-state index in [1.165, 1.54) is 17.0 Å². The Morgan fingerprint density at radius 1 is 1.50 bits per heavy atom. The average molecular weight is 314 g/mol. The predicted octanol–water partition coefficient (Wildman–Crippen LogP) is 2.56. The molecule has 1 heterocycles. The van der Waals surface area contributed by atoms with E-state index in [2.05, 4.69) is 10.1 Å². The van der Waals surface area contributed by atoms with Crippen molar-refractivity contribution >= 4 is 6.09 Å². The fourth-order valence-corrected chi connectivity index (χ4v) is 3.05. The molecule has 2 rings (SSSR count). The number of carbonyl (C=O) groups is 1. The lowest BCUT2D eigenvalue weighted by molar-refractivity contribution is -0.0498. The first kappa shape index (κ1) is 16.5. The molecule has 1 aliphatic rings. The molecule has 2 atom stereocenters. The zero-order chi connectivity index (χ0) is 16.3. The highest BCUT2D eigenvalue weighted by Gasteiger charge is 2.41. The number of halogens is 2. The van der Waals surface area contributed by atoms with E-state index in [4.69, 9.17) is 0 Å². The van der Waals surface area contributed by atoms with Gasteiger partial charge >= 0.3 is 12.7 Å². The summed E-state index contributed by atoms with van der Waals surface area (Å²) >= 11 is 0. The van der Waals surface area contributed by atoms with Gasteiger partial charge in [-0.3, -0.25) is 4.90 Å². The Kier molecular flexibility index (Phi) is 4.85. The number of ether oxygens (including phenoxy) is 1. The lowest BCUT2D eigenvalue weighted by Gasteiger charge is -2.47. The first-order chi connectivity index (χ1) is 10.3. The predicted molar refractivity (Wildman–Crippen MR) is 77.4 cm³/mol. The van der Waals surface area contributed by atoms with E-state index in [9.17, 15) is 18.7 Å². The molecule has 0 bridgehead atoms. The van der Waals surface area contributed by atoms with Crippen molar-refractivity contribution in [3.63, 3.8) is 0 Å². The molecule has 1 aromatic carbocycles. The van der Waals surface area contributed by atoms with Crippen LogP contribution in [0.25, 0.3) is 0 Å². The molecule has 7 heteroatoms. The molecule has 1 fully saturated rings. The first-order valence-corrected chi connectivity index (χ1v) is 7.08. The number of carboxylic acid groups (broad SMARTS) is 1. The van der Waals surface area contributed by atoms with Crippen molar-refractivity contribution in [2.24, 2.45) is 0 Å². The molecule has 2 unspecified atom stereocenters. The quantitative estimate of drug-likeness (QED) is 0.896. The van der Waals surface area contributed by atoms with Crippen molar-refractivity contribution in [2.45, 2.75) is 38.5 Å². The van der Waals surface area contributed by atoms with Crippen molar-refractivity contribution in [1.82, 2.24) is 10.2 Å². The van der Waals surface area contributed by atoms with E-state index in [1.54, 1.807) is 12.1 Å². The second-order valence-corrected chi connectivity index (χ2v) is 5.83. The van der Waals surface area contributed by atoms with Crippen LogP contribution in [0.5, 0.6) is 5.75 Å². The fraction of sp³-hybridized carbons (Fsp3) is 0.533. The summed E-state index contributed by atoms with van der Waals surface area (Å²) in [6, 6.07) is 6.17. The Hall–Kier alpha value is -1.89. The normalized spacial score (nSPS) is 25.3. The largest absolute Gasteiger partial charge is 0.465 e. The van der Waals surface area contributed by atoms with Gasteiger partial charge in [-0.15, -0.1) is 0 Å². The SMILES string of the molecule is CC1CNCC(C)(Cc2ccc(OC(F)F)cc2)N1C(=O)O. The summed E-state index contributed by atoms with van der Waals surface area (Å²) in [5.41, 5.74) is 0.278. The van der Waals surface area contributed by atoms with Crippen LogP contribution in [-0.4, -0.2) is 47.4 Å². The van der Waals surface area contributed by atoms with Crippen molar-refractivity contribution in [2.75, 3.05) is 13.1 Å². The minimum Gasteiger partial charge on any atom is -0.465 e. The second kappa shape index (κ2) is 6.48. The second-order valence-electron chi connectivity index (χ2n) is 5.83. The number of amides is 1. The third kappa shape index (κ3) is 3.65. The van der Waals surface area contributed by atoms with Gasteiger partial charge in [0, 0.05) is 19.1 Å². The van der Waals surface area contributed by atoms with E-state index in [0.717, 1.165) is 5.56 Å². The molecule has 2 N–H and O–H groups in total. The monoisotopic (exact) mass is 314 g/mol. The number of hydrogen-bond acceptors (Lipinski definition) is 3. The summed E-state index contributed by atoms with van der Waals surface area (Å²) in [5, 5.41) is 12.7. The summed E-state index contributed by atoms with van der Waals surface area (Å²) in [4.78, 5) is 13.0. The number of hydrogen-bond donors (Lipinski definition) is 2. The third-order valence-corrected chi connectivity index (χ3v) is 3.91. The highest BCUT2D eigenvalue weighted by Crippen LogP contribution is 2.27. The highest BCUT2D eigenvalue weighted by molar-refractivity contribution is 5.67. The van der Waals surface area contributed by atoms with Crippen molar-refractivity contribution < 1.29 is 23.4 Å². The van der Waals surface area contributed by atoms with Crippen LogP contribution in [0.1, 0.15) is 19.4 Å². The topological polar surface area (TPSA) is 61.8 Å². The van der Waals surface area contributed by atoms with Gasteiger partial charge < -0.3 is 15.2 Å². The molecule has 0 aromatic heterocycles. The number of nitrogens with zero attached hydrogens (tertiary/aromatic N) is 1. The Bertz CT molecular complexity index is 524. The summed E-state index contributed by atoms with van der Waals surface area (Å²) in [5.74, 6) is 0.0918. The molecule has 0 spiro atoms. The van der Waals surface area contributed by atoms with Crippen LogP contribution >= 0.6 is 0 Å². The van der Waals surface area contributed by atoms with Gasteiger partial charge in [0.25, 0.3) is 0 Å². The van der Waals surface area contributed by atoms with Gasteiger partial charge in [0.2, 0.25) is 0 Å². The molecule has 0 radical (unpaired) electrons. The van der Waals surface area contributed by atoms with Crippen LogP contribution in [0.3, 0.4) is 0 Å². The van der Waals surface area contributed by atoms with Crippen LogP contribution < -0.4 is 10.1 Å².